The van der Waals surface area contributed by atoms with Crippen molar-refractivity contribution in [3.63, 3.8) is 0 Å². The van der Waals surface area contributed by atoms with Crippen molar-refractivity contribution < 1.29 is 4.79 Å². The number of aromatic nitrogens is 2. The molecule has 1 amide bonds. The highest BCUT2D eigenvalue weighted by Crippen LogP contribution is 2.35. The number of carbonyl (C=O) groups excluding carboxylic acids is 1. The van der Waals surface area contributed by atoms with Gasteiger partial charge in [-0.05, 0) is 25.0 Å². The number of para-hydroxylation sites is 2. The van der Waals surface area contributed by atoms with Gasteiger partial charge in [0.2, 0.25) is 11.9 Å². The van der Waals surface area contributed by atoms with Crippen LogP contribution in [0.15, 0.2) is 24.3 Å². The molecule has 1 aliphatic rings. The third-order valence-corrected chi connectivity index (χ3v) is 3.72. The van der Waals surface area contributed by atoms with Crippen molar-refractivity contribution in [2.24, 2.45) is 5.73 Å². The lowest BCUT2D eigenvalue weighted by Crippen LogP contribution is -2.24. The summed E-state index contributed by atoms with van der Waals surface area (Å²) in [5.74, 6) is 0.429. The van der Waals surface area contributed by atoms with Crippen LogP contribution in [0.4, 0.5) is 5.95 Å². The zero-order valence-corrected chi connectivity index (χ0v) is 12.0. The molecule has 108 valence electrons. The number of carbonyl (C=O) groups is 1. The second-order valence-corrected chi connectivity index (χ2v) is 4.98. The first kappa shape index (κ1) is 14.8. The highest BCUT2D eigenvalue weighted by molar-refractivity contribution is 5.92. The van der Waals surface area contributed by atoms with Gasteiger partial charge in [0.05, 0.1) is 17.6 Å². The van der Waals surface area contributed by atoms with Gasteiger partial charge in [0.25, 0.3) is 0 Å². The van der Waals surface area contributed by atoms with Crippen LogP contribution in [0.1, 0.15) is 31.7 Å². The standard InChI is InChI=1S/C14H18N4O.ClH/c15-9-13(19)17-14-16-11-7-3-4-8-12(11)18(14)10-5-1-2-6-10;/h3-4,7-8,10H,1-2,5-6,9,15H2,(H,16,17,19);1H. The first-order valence-corrected chi connectivity index (χ1v) is 6.76. The van der Waals surface area contributed by atoms with E-state index >= 15 is 0 Å². The summed E-state index contributed by atoms with van der Waals surface area (Å²) in [6.45, 7) is -0.0200. The normalized spacial score (nSPS) is 15.2. The maximum absolute atomic E-state index is 11.5. The molecule has 0 spiro atoms. The number of nitrogens with zero attached hydrogens (tertiary/aromatic N) is 2. The Morgan fingerprint density at radius 3 is 2.75 bits per heavy atom. The second-order valence-electron chi connectivity index (χ2n) is 4.98. The number of nitrogens with one attached hydrogen (secondary N) is 1. The summed E-state index contributed by atoms with van der Waals surface area (Å²) in [6, 6.07) is 8.42. The van der Waals surface area contributed by atoms with Crippen LogP contribution in [-0.4, -0.2) is 22.0 Å². The van der Waals surface area contributed by atoms with Gasteiger partial charge in [0.1, 0.15) is 0 Å². The summed E-state index contributed by atoms with van der Waals surface area (Å²) < 4.78 is 2.16. The fourth-order valence-corrected chi connectivity index (χ4v) is 2.84. The summed E-state index contributed by atoms with van der Waals surface area (Å²) in [5.41, 5.74) is 7.37. The molecule has 1 aromatic carbocycles. The number of halogens is 1. The summed E-state index contributed by atoms with van der Waals surface area (Å²) >= 11 is 0. The fourth-order valence-electron chi connectivity index (χ4n) is 2.84. The quantitative estimate of drug-likeness (QED) is 0.913. The summed E-state index contributed by atoms with van der Waals surface area (Å²) in [5, 5.41) is 2.81. The van der Waals surface area contributed by atoms with Crippen molar-refractivity contribution in [1.29, 1.82) is 0 Å². The molecule has 0 atom stereocenters. The first-order chi connectivity index (χ1) is 9.29. The molecule has 3 rings (SSSR count). The molecule has 0 aliphatic heterocycles. The van der Waals surface area contributed by atoms with E-state index in [1.165, 1.54) is 12.8 Å². The topological polar surface area (TPSA) is 72.9 Å². The highest BCUT2D eigenvalue weighted by Gasteiger charge is 2.23. The second kappa shape index (κ2) is 6.24. The van der Waals surface area contributed by atoms with Gasteiger partial charge in [0, 0.05) is 6.04 Å². The van der Waals surface area contributed by atoms with Crippen LogP contribution in [0.2, 0.25) is 0 Å². The average molecular weight is 295 g/mol. The van der Waals surface area contributed by atoms with Gasteiger partial charge >= 0.3 is 0 Å². The first-order valence-electron chi connectivity index (χ1n) is 6.76. The smallest absolute Gasteiger partial charge is 0.240 e. The molecule has 0 bridgehead atoms. The van der Waals surface area contributed by atoms with Crippen molar-refractivity contribution in [3.8, 4) is 0 Å². The molecule has 6 heteroatoms. The summed E-state index contributed by atoms with van der Waals surface area (Å²) in [7, 11) is 0. The lowest BCUT2D eigenvalue weighted by molar-refractivity contribution is -0.115. The van der Waals surface area contributed by atoms with Gasteiger partial charge in [0.15, 0.2) is 0 Å². The summed E-state index contributed by atoms with van der Waals surface area (Å²) in [4.78, 5) is 16.1. The van der Waals surface area contributed by atoms with E-state index < -0.39 is 0 Å². The van der Waals surface area contributed by atoms with E-state index in [9.17, 15) is 4.79 Å². The van der Waals surface area contributed by atoms with Crippen LogP contribution >= 0.6 is 12.4 Å². The van der Waals surface area contributed by atoms with Gasteiger partial charge in [-0.2, -0.15) is 0 Å². The van der Waals surface area contributed by atoms with Crippen LogP contribution in [0.5, 0.6) is 0 Å². The minimum absolute atomic E-state index is 0. The van der Waals surface area contributed by atoms with Crippen LogP contribution < -0.4 is 11.1 Å². The Morgan fingerprint density at radius 1 is 1.35 bits per heavy atom. The SMILES string of the molecule is Cl.NCC(=O)Nc1nc2ccccc2n1C1CCCC1. The van der Waals surface area contributed by atoms with Crippen molar-refractivity contribution >= 4 is 35.3 Å². The Morgan fingerprint density at radius 2 is 2.05 bits per heavy atom. The molecular weight excluding hydrogens is 276 g/mol. The maximum atomic E-state index is 11.5. The Hall–Kier alpha value is -1.59. The molecule has 1 saturated carbocycles. The Kier molecular flexibility index (Phi) is 4.62. The molecule has 2 aromatic rings. The number of fused-ring (bicyclic) bond motifs is 1. The minimum atomic E-state index is -0.199. The largest absolute Gasteiger partial charge is 0.322 e. The molecule has 5 nitrogen and oxygen atoms in total. The van der Waals surface area contributed by atoms with Gasteiger partial charge in [-0.25, -0.2) is 4.98 Å². The number of benzene rings is 1. The average Bonchev–Trinajstić information content (AvgIpc) is 3.04. The number of anilines is 1. The maximum Gasteiger partial charge on any atom is 0.240 e. The van der Waals surface area contributed by atoms with Gasteiger partial charge in [-0.3, -0.25) is 10.1 Å². The van der Waals surface area contributed by atoms with Crippen molar-refractivity contribution in [2.45, 2.75) is 31.7 Å². The van der Waals surface area contributed by atoms with Crippen LogP contribution in [0.25, 0.3) is 11.0 Å². The van der Waals surface area contributed by atoms with Crippen molar-refractivity contribution in [2.75, 3.05) is 11.9 Å². The molecule has 0 radical (unpaired) electrons. The van der Waals surface area contributed by atoms with E-state index in [-0.39, 0.29) is 24.9 Å². The molecule has 1 heterocycles. The van der Waals surface area contributed by atoms with E-state index in [0.717, 1.165) is 23.9 Å². The van der Waals surface area contributed by atoms with Gasteiger partial charge < -0.3 is 10.3 Å². The van der Waals surface area contributed by atoms with Gasteiger partial charge in [-0.15, -0.1) is 12.4 Å². The molecular formula is C14H19ClN4O. The van der Waals surface area contributed by atoms with E-state index in [0.29, 0.717) is 12.0 Å². The lowest BCUT2D eigenvalue weighted by Gasteiger charge is -2.16. The highest BCUT2D eigenvalue weighted by atomic mass is 35.5. The fraction of sp³-hybridized carbons (Fsp3) is 0.429. The molecule has 1 aromatic heterocycles. The molecule has 1 fully saturated rings. The summed E-state index contributed by atoms with van der Waals surface area (Å²) in [6.07, 6.45) is 4.76. The zero-order chi connectivity index (χ0) is 13.2. The van der Waals surface area contributed by atoms with Crippen molar-refractivity contribution in [3.05, 3.63) is 24.3 Å². The van der Waals surface area contributed by atoms with Crippen LogP contribution in [0.3, 0.4) is 0 Å². The number of hydrogen-bond acceptors (Lipinski definition) is 3. The number of nitrogens with two attached hydrogens (primary N) is 1. The Labute approximate surface area is 124 Å². The molecule has 3 N–H and O–H groups in total. The molecule has 20 heavy (non-hydrogen) atoms. The third-order valence-electron chi connectivity index (χ3n) is 3.72. The lowest BCUT2D eigenvalue weighted by atomic mass is 10.2. The molecule has 1 aliphatic carbocycles. The third kappa shape index (κ3) is 2.64. The van der Waals surface area contributed by atoms with E-state index in [2.05, 4.69) is 20.9 Å². The molecule has 0 unspecified atom stereocenters. The van der Waals surface area contributed by atoms with E-state index in [4.69, 9.17) is 5.73 Å². The Bertz CT molecular complexity index is 604. The van der Waals surface area contributed by atoms with Crippen LogP contribution in [-0.2, 0) is 4.79 Å². The predicted octanol–water partition coefficient (Wildman–Crippen LogP) is 2.47. The number of imidazole rings is 1. The van der Waals surface area contributed by atoms with Crippen molar-refractivity contribution in [1.82, 2.24) is 9.55 Å². The minimum Gasteiger partial charge on any atom is -0.322 e. The predicted molar refractivity (Wildman–Crippen MR) is 82.2 cm³/mol. The number of amides is 1. The number of rotatable bonds is 3. The van der Waals surface area contributed by atoms with E-state index in [1.807, 2.05) is 18.2 Å². The number of hydrogen-bond donors (Lipinski definition) is 2. The van der Waals surface area contributed by atoms with Crippen LogP contribution in [0, 0.1) is 0 Å². The monoisotopic (exact) mass is 294 g/mol. The molecule has 0 saturated heterocycles. The van der Waals surface area contributed by atoms with Gasteiger partial charge in [-0.1, -0.05) is 25.0 Å². The van der Waals surface area contributed by atoms with E-state index in [1.54, 1.807) is 0 Å². The zero-order valence-electron chi connectivity index (χ0n) is 11.2. The Balaban J connectivity index is 0.00000147.